The van der Waals surface area contributed by atoms with Gasteiger partial charge in [0.2, 0.25) is 0 Å². The maximum Gasteiger partial charge on any atom is 0.321 e. The Kier molecular flexibility index (Phi) is 6.91. The molecule has 0 radical (unpaired) electrons. The van der Waals surface area contributed by atoms with Crippen molar-refractivity contribution < 1.29 is 19.0 Å². The van der Waals surface area contributed by atoms with Crippen LogP contribution in [0.3, 0.4) is 0 Å². The number of aliphatic hydroxyl groups excluding tert-OH is 1. The number of likely N-dealkylation sites (N-methyl/N-ethyl adjacent to an activating group) is 1. The molecule has 2 aromatic carbocycles. The number of nitrogens with one attached hydrogen (secondary N) is 1. The van der Waals surface area contributed by atoms with Crippen LogP contribution in [0.15, 0.2) is 48.5 Å². The van der Waals surface area contributed by atoms with E-state index in [2.05, 4.69) is 5.32 Å². The maximum absolute atomic E-state index is 13.2. The fourth-order valence-corrected chi connectivity index (χ4v) is 2.28. The molecule has 2 aromatic rings. The van der Waals surface area contributed by atoms with E-state index in [-0.39, 0.29) is 25.0 Å². The predicted octanol–water partition coefficient (Wildman–Crippen LogP) is 3.18. The van der Waals surface area contributed by atoms with Crippen molar-refractivity contribution in [2.24, 2.45) is 0 Å². The molecule has 0 fully saturated rings. The predicted molar refractivity (Wildman–Crippen MR) is 94.9 cm³/mol. The standard InChI is InChI=1S/C19H23FN2O3/c1-14-10-16(8-9-18(14)20)21-19(24)22(2)11-17(23)13-25-12-15-6-4-3-5-7-15/h3-10,17,23H,11-13H2,1-2H3,(H,21,24). The average molecular weight is 346 g/mol. The number of rotatable bonds is 7. The lowest BCUT2D eigenvalue weighted by Gasteiger charge is -2.21. The molecule has 6 heteroatoms. The molecular weight excluding hydrogens is 323 g/mol. The minimum absolute atomic E-state index is 0.126. The first-order chi connectivity index (χ1) is 12.0. The largest absolute Gasteiger partial charge is 0.389 e. The number of benzene rings is 2. The number of halogens is 1. The summed E-state index contributed by atoms with van der Waals surface area (Å²) >= 11 is 0. The van der Waals surface area contributed by atoms with Crippen molar-refractivity contribution in [3.05, 3.63) is 65.5 Å². The number of carbonyl (C=O) groups excluding carboxylic acids is 1. The summed E-state index contributed by atoms with van der Waals surface area (Å²) in [6.45, 7) is 2.29. The third kappa shape index (κ3) is 6.17. The van der Waals surface area contributed by atoms with Gasteiger partial charge in [-0.3, -0.25) is 0 Å². The lowest BCUT2D eigenvalue weighted by atomic mass is 10.2. The summed E-state index contributed by atoms with van der Waals surface area (Å²) in [5.41, 5.74) is 1.98. The Hall–Kier alpha value is -2.44. The van der Waals surface area contributed by atoms with Crippen LogP contribution < -0.4 is 5.32 Å². The number of hydrogen-bond donors (Lipinski definition) is 2. The van der Waals surface area contributed by atoms with Crippen LogP contribution in [0.1, 0.15) is 11.1 Å². The van der Waals surface area contributed by atoms with Crippen LogP contribution in [0.4, 0.5) is 14.9 Å². The van der Waals surface area contributed by atoms with Crippen molar-refractivity contribution in [3.63, 3.8) is 0 Å². The summed E-state index contributed by atoms with van der Waals surface area (Å²) in [5, 5.41) is 12.7. The highest BCUT2D eigenvalue weighted by Crippen LogP contribution is 2.14. The first-order valence-electron chi connectivity index (χ1n) is 8.03. The number of ether oxygens (including phenoxy) is 1. The molecule has 2 amide bonds. The number of aliphatic hydroxyl groups is 1. The first kappa shape index (κ1) is 18.9. The molecule has 25 heavy (non-hydrogen) atoms. The molecule has 0 saturated carbocycles. The lowest BCUT2D eigenvalue weighted by Crippen LogP contribution is -2.38. The van der Waals surface area contributed by atoms with E-state index >= 15 is 0 Å². The topological polar surface area (TPSA) is 61.8 Å². The highest BCUT2D eigenvalue weighted by molar-refractivity contribution is 5.89. The molecule has 1 unspecified atom stereocenters. The lowest BCUT2D eigenvalue weighted by molar-refractivity contribution is 0.0188. The normalized spacial score (nSPS) is 11.8. The van der Waals surface area contributed by atoms with Gasteiger partial charge in [-0.05, 0) is 36.2 Å². The molecule has 2 rings (SSSR count). The number of amides is 2. The second-order valence-corrected chi connectivity index (χ2v) is 5.93. The van der Waals surface area contributed by atoms with Gasteiger partial charge in [-0.2, -0.15) is 0 Å². The summed E-state index contributed by atoms with van der Waals surface area (Å²) < 4.78 is 18.7. The molecule has 5 nitrogen and oxygen atoms in total. The molecule has 0 aliphatic rings. The third-order valence-corrected chi connectivity index (χ3v) is 3.66. The van der Waals surface area contributed by atoms with Crippen LogP contribution >= 0.6 is 0 Å². The van der Waals surface area contributed by atoms with E-state index in [1.54, 1.807) is 20.0 Å². The molecular formula is C19H23FN2O3. The molecule has 2 N–H and O–H groups in total. The van der Waals surface area contributed by atoms with Crippen LogP contribution in [0.5, 0.6) is 0 Å². The van der Waals surface area contributed by atoms with Gasteiger partial charge >= 0.3 is 6.03 Å². The van der Waals surface area contributed by atoms with Crippen molar-refractivity contribution >= 4 is 11.7 Å². The Morgan fingerprint density at radius 3 is 2.68 bits per heavy atom. The van der Waals surface area contributed by atoms with Gasteiger partial charge in [0.25, 0.3) is 0 Å². The van der Waals surface area contributed by atoms with Crippen LogP contribution in [0.25, 0.3) is 0 Å². The molecule has 0 heterocycles. The Morgan fingerprint density at radius 2 is 2.00 bits per heavy atom. The highest BCUT2D eigenvalue weighted by atomic mass is 19.1. The molecule has 0 spiro atoms. The SMILES string of the molecule is Cc1cc(NC(=O)N(C)CC(O)COCc2ccccc2)ccc1F. The van der Waals surface area contributed by atoms with E-state index in [1.807, 2.05) is 30.3 Å². The third-order valence-electron chi connectivity index (χ3n) is 3.66. The summed E-state index contributed by atoms with van der Waals surface area (Å²) in [7, 11) is 1.58. The quantitative estimate of drug-likeness (QED) is 0.809. The fourth-order valence-electron chi connectivity index (χ4n) is 2.28. The van der Waals surface area contributed by atoms with Crippen LogP contribution in [-0.2, 0) is 11.3 Å². The van der Waals surface area contributed by atoms with Crippen molar-refractivity contribution in [2.45, 2.75) is 19.6 Å². The number of aryl methyl sites for hydroxylation is 1. The van der Waals surface area contributed by atoms with E-state index in [0.717, 1.165) is 5.56 Å². The zero-order valence-corrected chi connectivity index (χ0v) is 14.4. The summed E-state index contributed by atoms with van der Waals surface area (Å²) in [6.07, 6.45) is -0.797. The van der Waals surface area contributed by atoms with E-state index in [9.17, 15) is 14.3 Å². The number of anilines is 1. The number of carbonyl (C=O) groups is 1. The minimum atomic E-state index is -0.797. The van der Waals surface area contributed by atoms with E-state index in [4.69, 9.17) is 4.74 Å². The summed E-state index contributed by atoms with van der Waals surface area (Å²) in [6, 6.07) is 13.6. The molecule has 0 aliphatic heterocycles. The van der Waals surface area contributed by atoms with Gasteiger partial charge in [0, 0.05) is 12.7 Å². The number of urea groups is 1. The number of hydrogen-bond acceptors (Lipinski definition) is 3. The van der Waals surface area contributed by atoms with Gasteiger partial charge in [-0.25, -0.2) is 9.18 Å². The van der Waals surface area contributed by atoms with Gasteiger partial charge in [-0.15, -0.1) is 0 Å². The van der Waals surface area contributed by atoms with Gasteiger partial charge in [0.1, 0.15) is 5.82 Å². The van der Waals surface area contributed by atoms with Crippen molar-refractivity contribution in [2.75, 3.05) is 25.5 Å². The molecule has 134 valence electrons. The van der Waals surface area contributed by atoms with Gasteiger partial charge in [0.05, 0.1) is 25.9 Å². The van der Waals surface area contributed by atoms with E-state index < -0.39 is 6.10 Å². The Morgan fingerprint density at radius 1 is 1.28 bits per heavy atom. The zero-order chi connectivity index (χ0) is 18.2. The Balaban J connectivity index is 1.74. The molecule has 1 atom stereocenters. The van der Waals surface area contributed by atoms with E-state index in [1.165, 1.54) is 17.0 Å². The first-order valence-corrected chi connectivity index (χ1v) is 8.03. The zero-order valence-electron chi connectivity index (χ0n) is 14.4. The van der Waals surface area contributed by atoms with Crippen molar-refractivity contribution in [3.8, 4) is 0 Å². The maximum atomic E-state index is 13.2. The van der Waals surface area contributed by atoms with E-state index in [0.29, 0.717) is 17.9 Å². The smallest absolute Gasteiger partial charge is 0.321 e. The van der Waals surface area contributed by atoms with Gasteiger partial charge in [-0.1, -0.05) is 30.3 Å². The second-order valence-electron chi connectivity index (χ2n) is 5.93. The van der Waals surface area contributed by atoms with Gasteiger partial charge in [0.15, 0.2) is 0 Å². The minimum Gasteiger partial charge on any atom is -0.389 e. The highest BCUT2D eigenvalue weighted by Gasteiger charge is 2.14. The Labute approximate surface area is 147 Å². The average Bonchev–Trinajstić information content (AvgIpc) is 2.59. The number of nitrogens with zero attached hydrogens (tertiary/aromatic N) is 1. The van der Waals surface area contributed by atoms with Crippen LogP contribution in [0.2, 0.25) is 0 Å². The summed E-state index contributed by atoms with van der Waals surface area (Å²) in [5.74, 6) is -0.322. The molecule has 0 saturated heterocycles. The second kappa shape index (κ2) is 9.15. The monoisotopic (exact) mass is 346 g/mol. The van der Waals surface area contributed by atoms with Gasteiger partial charge < -0.3 is 20.1 Å². The molecule has 0 aliphatic carbocycles. The van der Waals surface area contributed by atoms with Crippen LogP contribution in [0, 0.1) is 12.7 Å². The Bertz CT molecular complexity index is 694. The van der Waals surface area contributed by atoms with Crippen molar-refractivity contribution in [1.82, 2.24) is 4.90 Å². The summed E-state index contributed by atoms with van der Waals surface area (Å²) in [4.78, 5) is 13.5. The molecule has 0 aromatic heterocycles. The van der Waals surface area contributed by atoms with Crippen LogP contribution in [-0.4, -0.2) is 42.3 Å². The van der Waals surface area contributed by atoms with Crippen molar-refractivity contribution in [1.29, 1.82) is 0 Å². The fraction of sp³-hybridized carbons (Fsp3) is 0.316. The molecule has 0 bridgehead atoms.